The second-order valence-electron chi connectivity index (χ2n) is 5.79. The van der Waals surface area contributed by atoms with E-state index in [1.54, 1.807) is 10.6 Å². The van der Waals surface area contributed by atoms with Crippen molar-refractivity contribution < 1.29 is 4.39 Å². The molecular weight excluding hydrogens is 315 g/mol. The van der Waals surface area contributed by atoms with Crippen molar-refractivity contribution in [2.45, 2.75) is 31.7 Å². The fourth-order valence-electron chi connectivity index (χ4n) is 3.32. The quantitative estimate of drug-likeness (QED) is 0.691. The number of benzene rings is 1. The van der Waals surface area contributed by atoms with Crippen LogP contribution in [0.5, 0.6) is 0 Å². The minimum Gasteiger partial charge on any atom is -0.324 e. The Hall–Kier alpha value is -1.98. The molecule has 0 aliphatic heterocycles. The number of rotatable bonds is 1. The van der Waals surface area contributed by atoms with Crippen molar-refractivity contribution >= 4 is 17.9 Å². The Kier molecular flexibility index (Phi) is 4.33. The van der Waals surface area contributed by atoms with Crippen molar-refractivity contribution in [1.82, 2.24) is 14.6 Å². The van der Waals surface area contributed by atoms with Crippen LogP contribution in [0.2, 0.25) is 0 Å². The molecule has 4 rings (SSSR count). The number of hydrogen-bond acceptors (Lipinski definition) is 3. The van der Waals surface area contributed by atoms with E-state index in [0.29, 0.717) is 11.3 Å². The van der Waals surface area contributed by atoms with Gasteiger partial charge in [0.2, 0.25) is 0 Å². The van der Waals surface area contributed by atoms with Crippen LogP contribution in [-0.2, 0) is 6.42 Å². The summed E-state index contributed by atoms with van der Waals surface area (Å²) in [6, 6.07) is 7.47. The maximum atomic E-state index is 15.1. The number of nitrogens with two attached hydrogens (primary N) is 1. The normalized spacial score (nSPS) is 17.4. The fourth-order valence-corrected chi connectivity index (χ4v) is 3.32. The van der Waals surface area contributed by atoms with Crippen LogP contribution in [0.15, 0.2) is 36.8 Å². The number of halogens is 2. The van der Waals surface area contributed by atoms with Gasteiger partial charge in [0.1, 0.15) is 17.8 Å². The van der Waals surface area contributed by atoms with Crippen LogP contribution in [0.4, 0.5) is 4.39 Å². The van der Waals surface area contributed by atoms with E-state index in [4.69, 9.17) is 5.73 Å². The summed E-state index contributed by atoms with van der Waals surface area (Å²) in [5, 5.41) is 4.13. The van der Waals surface area contributed by atoms with Gasteiger partial charge in [0.25, 0.3) is 0 Å². The molecule has 0 radical (unpaired) electrons. The highest BCUT2D eigenvalue weighted by Crippen LogP contribution is 2.34. The number of fused-ring (bicyclic) bond motifs is 2. The van der Waals surface area contributed by atoms with Crippen LogP contribution < -0.4 is 5.73 Å². The number of aromatic nitrogens is 3. The maximum absolute atomic E-state index is 15.1. The van der Waals surface area contributed by atoms with Gasteiger partial charge in [-0.05, 0) is 48.6 Å². The Morgan fingerprint density at radius 2 is 2.09 bits per heavy atom. The molecule has 1 aromatic carbocycles. The van der Waals surface area contributed by atoms with Crippen molar-refractivity contribution in [2.24, 2.45) is 5.73 Å². The standard InChI is InChI=1S/C17H17FN4.ClH/c18-16-12-4-1-2-5-14(19)11(12)7-8-13(16)17-15-6-3-9-22(15)21-10-20-17;/h3,6-10,14H,1-2,4-5,19H2;1H/t14-;/m1./s1. The summed E-state index contributed by atoms with van der Waals surface area (Å²) in [4.78, 5) is 4.30. The molecule has 0 fully saturated rings. The number of hydrogen-bond donors (Lipinski definition) is 1. The zero-order valence-corrected chi connectivity index (χ0v) is 13.4. The lowest BCUT2D eigenvalue weighted by Gasteiger charge is -2.15. The third kappa shape index (κ3) is 2.60. The van der Waals surface area contributed by atoms with Crippen molar-refractivity contribution in [2.75, 3.05) is 0 Å². The maximum Gasteiger partial charge on any atom is 0.137 e. The summed E-state index contributed by atoms with van der Waals surface area (Å²) in [6.07, 6.45) is 6.97. The second kappa shape index (κ2) is 6.26. The first-order valence-electron chi connectivity index (χ1n) is 7.61. The zero-order valence-electron chi connectivity index (χ0n) is 12.6. The molecule has 3 aromatic rings. The second-order valence-corrected chi connectivity index (χ2v) is 5.79. The minimum atomic E-state index is -0.184. The zero-order chi connectivity index (χ0) is 15.1. The molecule has 0 saturated carbocycles. The van der Waals surface area contributed by atoms with Gasteiger partial charge in [0.05, 0.1) is 5.52 Å². The van der Waals surface area contributed by atoms with Crippen LogP contribution >= 0.6 is 12.4 Å². The third-order valence-electron chi connectivity index (χ3n) is 4.46. The van der Waals surface area contributed by atoms with Crippen LogP contribution in [0.3, 0.4) is 0 Å². The van der Waals surface area contributed by atoms with E-state index in [9.17, 15) is 0 Å². The van der Waals surface area contributed by atoms with Crippen molar-refractivity contribution in [3.63, 3.8) is 0 Å². The Labute approximate surface area is 139 Å². The Balaban J connectivity index is 0.00000156. The molecule has 6 heteroatoms. The summed E-state index contributed by atoms with van der Waals surface area (Å²) in [7, 11) is 0. The van der Waals surface area contributed by atoms with Crippen molar-refractivity contribution in [1.29, 1.82) is 0 Å². The molecule has 0 bridgehead atoms. The molecule has 2 N–H and O–H groups in total. The van der Waals surface area contributed by atoms with Crippen LogP contribution in [0.25, 0.3) is 16.8 Å². The van der Waals surface area contributed by atoms with Crippen LogP contribution in [-0.4, -0.2) is 14.6 Å². The molecule has 120 valence electrons. The van der Waals surface area contributed by atoms with Gasteiger partial charge in [-0.15, -0.1) is 12.4 Å². The van der Waals surface area contributed by atoms with E-state index < -0.39 is 0 Å². The SMILES string of the molecule is Cl.N[C@@H]1CCCCc2c1ccc(-c1ncnn3cccc13)c2F. The molecular formula is C17H18ClFN4. The molecule has 2 heterocycles. The van der Waals surface area contributed by atoms with Gasteiger partial charge < -0.3 is 5.73 Å². The van der Waals surface area contributed by atoms with Gasteiger partial charge in [-0.25, -0.2) is 13.9 Å². The van der Waals surface area contributed by atoms with Crippen LogP contribution in [0.1, 0.15) is 36.4 Å². The summed E-state index contributed by atoms with van der Waals surface area (Å²) in [5.74, 6) is -0.184. The molecule has 1 aliphatic carbocycles. The average Bonchev–Trinajstić information content (AvgIpc) is 2.93. The first-order valence-corrected chi connectivity index (χ1v) is 7.61. The molecule has 0 spiro atoms. The monoisotopic (exact) mass is 332 g/mol. The van der Waals surface area contributed by atoms with Gasteiger partial charge in [0, 0.05) is 17.8 Å². The van der Waals surface area contributed by atoms with Gasteiger partial charge >= 0.3 is 0 Å². The summed E-state index contributed by atoms with van der Waals surface area (Å²) in [5.41, 5.74) is 9.84. The van der Waals surface area contributed by atoms with E-state index in [0.717, 1.165) is 42.3 Å². The van der Waals surface area contributed by atoms with E-state index in [1.165, 1.54) is 6.33 Å². The summed E-state index contributed by atoms with van der Waals surface area (Å²) in [6.45, 7) is 0. The largest absolute Gasteiger partial charge is 0.324 e. The van der Waals surface area contributed by atoms with Gasteiger partial charge in [0.15, 0.2) is 0 Å². The van der Waals surface area contributed by atoms with Crippen molar-refractivity contribution in [3.05, 3.63) is 53.7 Å². The van der Waals surface area contributed by atoms with E-state index in [1.807, 2.05) is 24.4 Å². The average molecular weight is 333 g/mol. The van der Waals surface area contributed by atoms with Gasteiger partial charge in [-0.3, -0.25) is 0 Å². The topological polar surface area (TPSA) is 56.2 Å². The molecule has 1 atom stereocenters. The van der Waals surface area contributed by atoms with E-state index >= 15 is 4.39 Å². The van der Waals surface area contributed by atoms with E-state index in [-0.39, 0.29) is 24.3 Å². The lowest BCUT2D eigenvalue weighted by Crippen LogP contribution is -2.12. The Morgan fingerprint density at radius 1 is 1.22 bits per heavy atom. The number of nitrogens with zero attached hydrogens (tertiary/aromatic N) is 3. The molecule has 23 heavy (non-hydrogen) atoms. The summed E-state index contributed by atoms with van der Waals surface area (Å²) < 4.78 is 16.8. The fraction of sp³-hybridized carbons (Fsp3) is 0.294. The third-order valence-corrected chi connectivity index (χ3v) is 4.46. The smallest absolute Gasteiger partial charge is 0.137 e. The highest BCUT2D eigenvalue weighted by atomic mass is 35.5. The molecule has 2 aromatic heterocycles. The predicted molar refractivity (Wildman–Crippen MR) is 90.1 cm³/mol. The summed E-state index contributed by atoms with van der Waals surface area (Å²) >= 11 is 0. The lowest BCUT2D eigenvalue weighted by molar-refractivity contribution is 0.606. The Bertz CT molecular complexity index is 846. The predicted octanol–water partition coefficient (Wildman–Crippen LogP) is 3.68. The van der Waals surface area contributed by atoms with Crippen LogP contribution in [0, 0.1) is 5.82 Å². The first kappa shape index (κ1) is 15.9. The van der Waals surface area contributed by atoms with Gasteiger partial charge in [-0.1, -0.05) is 12.5 Å². The minimum absolute atomic E-state index is 0. The highest BCUT2D eigenvalue weighted by molar-refractivity contribution is 5.85. The molecule has 1 aliphatic rings. The Morgan fingerprint density at radius 3 is 2.96 bits per heavy atom. The van der Waals surface area contributed by atoms with E-state index in [2.05, 4.69) is 10.1 Å². The lowest BCUT2D eigenvalue weighted by atomic mass is 9.95. The highest BCUT2D eigenvalue weighted by Gasteiger charge is 2.22. The van der Waals surface area contributed by atoms with Crippen molar-refractivity contribution in [3.8, 4) is 11.3 Å². The molecule has 0 unspecified atom stereocenters. The van der Waals surface area contributed by atoms with Gasteiger partial charge in [-0.2, -0.15) is 5.10 Å². The molecule has 0 amide bonds. The molecule has 0 saturated heterocycles. The molecule has 4 nitrogen and oxygen atoms in total. The first-order chi connectivity index (χ1) is 10.8.